The minimum absolute atomic E-state index is 0.0190. The van der Waals surface area contributed by atoms with Gasteiger partial charge in [-0.15, -0.1) is 5.10 Å². The highest BCUT2D eigenvalue weighted by Gasteiger charge is 2.41. The number of ketones is 1. The fourth-order valence-corrected chi connectivity index (χ4v) is 2.52. The second-order valence-electron chi connectivity index (χ2n) is 6.09. The molecule has 0 spiro atoms. The van der Waals surface area contributed by atoms with Crippen molar-refractivity contribution in [1.82, 2.24) is 15.0 Å². The molecule has 0 radical (unpaired) electrons. The lowest BCUT2D eigenvalue weighted by Crippen LogP contribution is -2.38. The van der Waals surface area contributed by atoms with E-state index in [0.717, 1.165) is 31.4 Å². The fourth-order valence-electron chi connectivity index (χ4n) is 2.52. The van der Waals surface area contributed by atoms with E-state index in [4.69, 9.17) is 0 Å². The van der Waals surface area contributed by atoms with Gasteiger partial charge in [0.05, 0.1) is 11.9 Å². The van der Waals surface area contributed by atoms with Crippen LogP contribution < -0.4 is 0 Å². The minimum Gasteiger partial charge on any atom is -0.297 e. The summed E-state index contributed by atoms with van der Waals surface area (Å²) in [5.74, 6) is 0.209. The predicted molar refractivity (Wildman–Crippen MR) is 65.8 cm³/mol. The molecular formula is C13H21N3O. The van der Waals surface area contributed by atoms with E-state index >= 15 is 0 Å². The van der Waals surface area contributed by atoms with Crippen LogP contribution in [0.3, 0.4) is 0 Å². The van der Waals surface area contributed by atoms with Gasteiger partial charge < -0.3 is 0 Å². The average Bonchev–Trinajstić information content (AvgIpc) is 2.86. The Labute approximate surface area is 102 Å². The summed E-state index contributed by atoms with van der Waals surface area (Å²) >= 11 is 0. The van der Waals surface area contributed by atoms with Gasteiger partial charge in [-0.1, -0.05) is 38.8 Å². The van der Waals surface area contributed by atoms with Crippen LogP contribution in [-0.2, 0) is 15.7 Å². The largest absolute Gasteiger partial charge is 0.297 e. The molecule has 0 aromatic carbocycles. The molecule has 0 N–H and O–H groups in total. The fraction of sp³-hybridized carbons (Fsp3) is 0.769. The Balaban J connectivity index is 2.39. The van der Waals surface area contributed by atoms with Gasteiger partial charge in [0, 0.05) is 5.41 Å². The van der Waals surface area contributed by atoms with Crippen molar-refractivity contribution < 1.29 is 4.79 Å². The molecule has 0 unspecified atom stereocenters. The smallest absolute Gasteiger partial charge is 0.157 e. The SMILES string of the molecule is CC(=O)C1(n2cc(C(C)(C)C)nn2)CCCC1. The maximum atomic E-state index is 11.9. The summed E-state index contributed by atoms with van der Waals surface area (Å²) in [4.78, 5) is 11.9. The van der Waals surface area contributed by atoms with Gasteiger partial charge in [0.1, 0.15) is 5.54 Å². The van der Waals surface area contributed by atoms with Crippen LogP contribution in [-0.4, -0.2) is 20.8 Å². The highest BCUT2D eigenvalue weighted by Crippen LogP contribution is 2.37. The van der Waals surface area contributed by atoms with E-state index in [1.165, 1.54) is 0 Å². The predicted octanol–water partition coefficient (Wildman–Crippen LogP) is 2.43. The molecule has 0 bridgehead atoms. The van der Waals surface area contributed by atoms with Gasteiger partial charge in [-0.2, -0.15) is 0 Å². The van der Waals surface area contributed by atoms with E-state index in [-0.39, 0.29) is 11.2 Å². The topological polar surface area (TPSA) is 47.8 Å². The van der Waals surface area contributed by atoms with E-state index in [9.17, 15) is 4.79 Å². The lowest BCUT2D eigenvalue weighted by atomic mass is 9.91. The van der Waals surface area contributed by atoms with Gasteiger partial charge in [-0.3, -0.25) is 4.79 Å². The van der Waals surface area contributed by atoms with Gasteiger partial charge in [0.25, 0.3) is 0 Å². The quantitative estimate of drug-likeness (QED) is 0.791. The molecule has 17 heavy (non-hydrogen) atoms. The van der Waals surface area contributed by atoms with Crippen LogP contribution in [0.2, 0.25) is 0 Å². The lowest BCUT2D eigenvalue weighted by Gasteiger charge is -2.25. The van der Waals surface area contributed by atoms with Crippen molar-refractivity contribution in [3.05, 3.63) is 11.9 Å². The number of aromatic nitrogens is 3. The molecular weight excluding hydrogens is 214 g/mol. The van der Waals surface area contributed by atoms with Crippen LogP contribution in [0.1, 0.15) is 59.1 Å². The van der Waals surface area contributed by atoms with Crippen molar-refractivity contribution in [3.8, 4) is 0 Å². The summed E-state index contributed by atoms with van der Waals surface area (Å²) in [5.41, 5.74) is 0.510. The molecule has 0 atom stereocenters. The molecule has 2 rings (SSSR count). The first-order valence-corrected chi connectivity index (χ1v) is 6.31. The molecule has 4 heteroatoms. The Hall–Kier alpha value is -1.19. The Morgan fingerprint density at radius 3 is 2.35 bits per heavy atom. The van der Waals surface area contributed by atoms with Crippen LogP contribution >= 0.6 is 0 Å². The van der Waals surface area contributed by atoms with Crippen LogP contribution in [0.15, 0.2) is 6.20 Å². The van der Waals surface area contributed by atoms with Gasteiger partial charge in [0.15, 0.2) is 5.78 Å². The zero-order valence-corrected chi connectivity index (χ0v) is 11.2. The Morgan fingerprint density at radius 2 is 1.94 bits per heavy atom. The molecule has 1 fully saturated rings. The molecule has 4 nitrogen and oxygen atoms in total. The first-order chi connectivity index (χ1) is 7.86. The normalized spacial score (nSPS) is 19.5. The maximum Gasteiger partial charge on any atom is 0.157 e. The molecule has 0 saturated heterocycles. The van der Waals surface area contributed by atoms with E-state index < -0.39 is 5.54 Å². The highest BCUT2D eigenvalue weighted by molar-refractivity contribution is 5.84. The zero-order valence-electron chi connectivity index (χ0n) is 11.2. The monoisotopic (exact) mass is 235 g/mol. The number of hydrogen-bond donors (Lipinski definition) is 0. The van der Waals surface area contributed by atoms with Crippen LogP contribution in [0.5, 0.6) is 0 Å². The minimum atomic E-state index is -0.420. The molecule has 1 aliphatic rings. The summed E-state index contributed by atoms with van der Waals surface area (Å²) in [6, 6.07) is 0. The second-order valence-corrected chi connectivity index (χ2v) is 6.09. The van der Waals surface area contributed by atoms with Crippen LogP contribution in [0, 0.1) is 0 Å². The average molecular weight is 235 g/mol. The van der Waals surface area contributed by atoms with E-state index in [0.29, 0.717) is 0 Å². The Morgan fingerprint density at radius 1 is 1.35 bits per heavy atom. The van der Waals surface area contributed by atoms with E-state index in [1.807, 2.05) is 10.9 Å². The van der Waals surface area contributed by atoms with Crippen molar-refractivity contribution in [2.24, 2.45) is 0 Å². The standard InChI is InChI=1S/C13H21N3O/c1-10(17)13(7-5-6-8-13)16-9-11(14-15-16)12(2,3)4/h9H,5-8H2,1-4H3. The van der Waals surface area contributed by atoms with Crippen molar-refractivity contribution >= 4 is 5.78 Å². The lowest BCUT2D eigenvalue weighted by molar-refractivity contribution is -0.125. The molecule has 0 aliphatic heterocycles. The summed E-state index contributed by atoms with van der Waals surface area (Å²) in [5, 5.41) is 8.42. The van der Waals surface area contributed by atoms with Gasteiger partial charge in [-0.25, -0.2) is 4.68 Å². The Kier molecular flexibility index (Phi) is 2.84. The van der Waals surface area contributed by atoms with Gasteiger partial charge >= 0.3 is 0 Å². The van der Waals surface area contributed by atoms with Crippen molar-refractivity contribution in [3.63, 3.8) is 0 Å². The summed E-state index contributed by atoms with van der Waals surface area (Å²) in [6.45, 7) is 7.99. The van der Waals surface area contributed by atoms with Gasteiger partial charge in [0.2, 0.25) is 0 Å². The van der Waals surface area contributed by atoms with Crippen molar-refractivity contribution in [2.75, 3.05) is 0 Å². The second kappa shape index (κ2) is 3.93. The molecule has 0 amide bonds. The van der Waals surface area contributed by atoms with E-state index in [1.54, 1.807) is 6.92 Å². The summed E-state index contributed by atoms with van der Waals surface area (Å²) < 4.78 is 1.81. The molecule has 1 aliphatic carbocycles. The third-order valence-electron chi connectivity index (χ3n) is 3.79. The number of Topliss-reactive ketones (excluding diaryl/α,β-unsaturated/α-hetero) is 1. The Bertz CT molecular complexity index is 422. The molecule has 1 saturated carbocycles. The summed E-state index contributed by atoms with van der Waals surface area (Å²) in [7, 11) is 0. The molecule has 1 aromatic heterocycles. The molecule has 1 heterocycles. The first kappa shape index (κ1) is 12.3. The number of carbonyl (C=O) groups excluding carboxylic acids is 1. The first-order valence-electron chi connectivity index (χ1n) is 6.31. The van der Waals surface area contributed by atoms with Crippen LogP contribution in [0.25, 0.3) is 0 Å². The molecule has 1 aromatic rings. The maximum absolute atomic E-state index is 11.9. The van der Waals surface area contributed by atoms with Crippen molar-refractivity contribution in [1.29, 1.82) is 0 Å². The molecule has 94 valence electrons. The third-order valence-corrected chi connectivity index (χ3v) is 3.79. The van der Waals surface area contributed by atoms with E-state index in [2.05, 4.69) is 31.1 Å². The zero-order chi connectivity index (χ0) is 12.7. The van der Waals surface area contributed by atoms with Crippen LogP contribution in [0.4, 0.5) is 0 Å². The number of nitrogens with zero attached hydrogens (tertiary/aromatic N) is 3. The summed E-state index contributed by atoms with van der Waals surface area (Å²) in [6.07, 6.45) is 5.95. The van der Waals surface area contributed by atoms with Crippen molar-refractivity contribution in [2.45, 2.75) is 64.3 Å². The number of carbonyl (C=O) groups is 1. The van der Waals surface area contributed by atoms with Gasteiger partial charge in [-0.05, 0) is 19.8 Å². The number of rotatable bonds is 2. The number of hydrogen-bond acceptors (Lipinski definition) is 3. The highest BCUT2D eigenvalue weighted by atomic mass is 16.1. The third kappa shape index (κ3) is 2.01.